The molecule has 0 aliphatic carbocycles. The number of aromatic amines is 1. The van der Waals surface area contributed by atoms with Crippen molar-refractivity contribution in [3.05, 3.63) is 32.2 Å². The lowest BCUT2D eigenvalue weighted by Gasteiger charge is -2.10. The molecule has 0 saturated heterocycles. The number of nitrogens with one attached hydrogen (secondary N) is 1. The van der Waals surface area contributed by atoms with Crippen LogP contribution in [0.15, 0.2) is 21.9 Å². The van der Waals surface area contributed by atoms with E-state index in [2.05, 4.69) is 4.98 Å². The number of rotatable bonds is 2. The van der Waals surface area contributed by atoms with Gasteiger partial charge >= 0.3 is 0 Å². The normalized spacial score (nSPS) is 13.0. The highest BCUT2D eigenvalue weighted by atomic mass is 35.5. The van der Waals surface area contributed by atoms with Crippen molar-refractivity contribution in [1.82, 2.24) is 4.98 Å². The first kappa shape index (κ1) is 19.0. The number of hydrogen-bond acceptors (Lipinski definition) is 4. The molecule has 3 aromatic rings. The minimum Gasteiger partial charge on any atom is -0.352 e. The smallest absolute Gasteiger partial charge is 0.297 e. The van der Waals surface area contributed by atoms with Gasteiger partial charge in [0.2, 0.25) is 0 Å². The van der Waals surface area contributed by atoms with Gasteiger partial charge in [0, 0.05) is 10.8 Å². The molecule has 0 amide bonds. The summed E-state index contributed by atoms with van der Waals surface area (Å²) in [5.74, 6) is 0. The van der Waals surface area contributed by atoms with Gasteiger partial charge in [-0.25, -0.2) is 0 Å². The average Bonchev–Trinajstić information content (AvgIpc) is 2.84. The van der Waals surface area contributed by atoms with Gasteiger partial charge in [-0.05, 0) is 6.07 Å². The summed E-state index contributed by atoms with van der Waals surface area (Å²) < 4.78 is 66.1. The van der Waals surface area contributed by atoms with Crippen LogP contribution in [0.1, 0.15) is 0 Å². The van der Waals surface area contributed by atoms with Crippen LogP contribution in [0.5, 0.6) is 0 Å². The molecule has 0 aliphatic rings. The van der Waals surface area contributed by atoms with E-state index < -0.39 is 35.0 Å². The fraction of sp³-hybridized carbons (Fsp3) is 0. The van der Waals surface area contributed by atoms with Gasteiger partial charge in [-0.1, -0.05) is 52.5 Å². The Hall–Kier alpha value is -0.780. The van der Waals surface area contributed by atoms with Crippen molar-refractivity contribution >= 4 is 88.4 Å². The van der Waals surface area contributed by atoms with Crippen LogP contribution >= 0.6 is 46.4 Å². The third-order valence-electron chi connectivity index (χ3n) is 3.42. The van der Waals surface area contributed by atoms with Crippen molar-refractivity contribution in [2.45, 2.75) is 9.79 Å². The van der Waals surface area contributed by atoms with E-state index in [9.17, 15) is 25.9 Å². The lowest BCUT2D eigenvalue weighted by atomic mass is 10.1. The zero-order chi connectivity index (χ0) is 18.9. The van der Waals surface area contributed by atoms with Gasteiger partial charge in [-0.3, -0.25) is 9.11 Å². The van der Waals surface area contributed by atoms with Crippen LogP contribution in [0.4, 0.5) is 0 Å². The molecule has 1 aromatic heterocycles. The maximum atomic E-state index is 11.9. The molecular formula is C12H5Cl4NO6S2. The van der Waals surface area contributed by atoms with Gasteiger partial charge in [0.05, 0.1) is 31.1 Å². The van der Waals surface area contributed by atoms with E-state index in [-0.39, 0.29) is 36.9 Å². The third-order valence-corrected chi connectivity index (χ3v) is 7.17. The van der Waals surface area contributed by atoms with Crippen LogP contribution in [0.3, 0.4) is 0 Å². The highest BCUT2D eigenvalue weighted by Crippen LogP contribution is 2.46. The molecule has 25 heavy (non-hydrogen) atoms. The van der Waals surface area contributed by atoms with E-state index in [1.807, 2.05) is 0 Å². The summed E-state index contributed by atoms with van der Waals surface area (Å²) in [7, 11) is -10.3. The van der Waals surface area contributed by atoms with Gasteiger partial charge < -0.3 is 4.98 Å². The molecule has 0 bridgehead atoms. The molecule has 7 nitrogen and oxygen atoms in total. The Bertz CT molecular complexity index is 1280. The van der Waals surface area contributed by atoms with Crippen molar-refractivity contribution in [3.63, 3.8) is 0 Å². The Morgan fingerprint density at radius 1 is 0.760 bits per heavy atom. The van der Waals surface area contributed by atoms with Crippen LogP contribution in [0.25, 0.3) is 21.8 Å². The molecule has 1 heterocycles. The maximum Gasteiger partial charge on any atom is 0.297 e. The topological polar surface area (TPSA) is 125 Å². The molecule has 3 rings (SSSR count). The predicted octanol–water partition coefficient (Wildman–Crippen LogP) is 4.43. The molecule has 134 valence electrons. The third kappa shape index (κ3) is 2.88. The largest absolute Gasteiger partial charge is 0.352 e. The summed E-state index contributed by atoms with van der Waals surface area (Å²) >= 11 is 23.8. The molecule has 3 N–H and O–H groups in total. The summed E-state index contributed by atoms with van der Waals surface area (Å²) in [6, 6.07) is 2.68. The first-order valence-corrected chi connectivity index (χ1v) is 10.5. The summed E-state index contributed by atoms with van der Waals surface area (Å²) in [6.45, 7) is 0. The molecular weight excluding hydrogens is 460 g/mol. The number of benzene rings is 2. The van der Waals surface area contributed by atoms with Crippen molar-refractivity contribution in [3.8, 4) is 0 Å². The highest BCUT2D eigenvalue weighted by molar-refractivity contribution is 7.89. The van der Waals surface area contributed by atoms with E-state index in [0.29, 0.717) is 0 Å². The molecule has 2 aromatic carbocycles. The predicted molar refractivity (Wildman–Crippen MR) is 95.5 cm³/mol. The lowest BCUT2D eigenvalue weighted by Crippen LogP contribution is -2.10. The summed E-state index contributed by atoms with van der Waals surface area (Å²) in [5, 5.41) is -1.24. The average molecular weight is 465 g/mol. The summed E-state index contributed by atoms with van der Waals surface area (Å²) in [6.07, 6.45) is 0. The van der Waals surface area contributed by atoms with Gasteiger partial charge in [0.15, 0.2) is 0 Å². The maximum absolute atomic E-state index is 11.9. The first-order chi connectivity index (χ1) is 11.4. The Balaban J connectivity index is 2.81. The van der Waals surface area contributed by atoms with Crippen molar-refractivity contribution < 1.29 is 25.9 Å². The fourth-order valence-electron chi connectivity index (χ4n) is 2.50. The second kappa shape index (κ2) is 5.86. The molecule has 0 atom stereocenters. The Labute approximate surface area is 160 Å². The number of halogens is 4. The summed E-state index contributed by atoms with van der Waals surface area (Å²) in [4.78, 5) is 0.346. The van der Waals surface area contributed by atoms with Gasteiger partial charge in [-0.15, -0.1) is 0 Å². The van der Waals surface area contributed by atoms with Crippen LogP contribution in [-0.4, -0.2) is 30.9 Å². The Morgan fingerprint density at radius 3 is 1.84 bits per heavy atom. The second-order valence-corrected chi connectivity index (χ2v) is 9.15. The van der Waals surface area contributed by atoms with Crippen molar-refractivity contribution in [1.29, 1.82) is 0 Å². The van der Waals surface area contributed by atoms with Crippen LogP contribution in [0, 0.1) is 0 Å². The number of fused-ring (bicyclic) bond motifs is 3. The number of H-pyrrole nitrogens is 1. The number of aromatic nitrogens is 1. The Kier molecular flexibility index (Phi) is 4.45. The molecule has 0 spiro atoms. The minimum atomic E-state index is -5.15. The van der Waals surface area contributed by atoms with Gasteiger partial charge in [0.25, 0.3) is 20.2 Å². The molecule has 0 aliphatic heterocycles. The van der Waals surface area contributed by atoms with E-state index in [0.717, 1.165) is 0 Å². The van der Waals surface area contributed by atoms with Crippen LogP contribution < -0.4 is 0 Å². The quantitative estimate of drug-likeness (QED) is 0.482. The minimum absolute atomic E-state index is 0.0113. The van der Waals surface area contributed by atoms with Gasteiger partial charge in [-0.2, -0.15) is 16.8 Å². The van der Waals surface area contributed by atoms with Gasteiger partial charge in [0.1, 0.15) is 9.79 Å². The van der Waals surface area contributed by atoms with Crippen molar-refractivity contribution in [2.24, 2.45) is 0 Å². The monoisotopic (exact) mass is 463 g/mol. The standard InChI is InChI=1S/C12H5Cl4NO6S2/c13-4-2-1-3-5-10(17-9(3)6(4)14)7(15)8(16)12(25(21,22)23)11(5)24(18,19)20/h1-2,17H,(H,18,19,20)(H,21,22,23). The molecule has 0 fully saturated rings. The number of hydrogen-bond donors (Lipinski definition) is 3. The van der Waals surface area contributed by atoms with E-state index >= 15 is 0 Å². The first-order valence-electron chi connectivity index (χ1n) is 6.11. The molecule has 0 unspecified atom stereocenters. The highest BCUT2D eigenvalue weighted by Gasteiger charge is 2.34. The lowest BCUT2D eigenvalue weighted by molar-refractivity contribution is 0.468. The fourth-order valence-corrected chi connectivity index (χ4v) is 5.81. The molecule has 13 heteroatoms. The zero-order valence-corrected chi connectivity index (χ0v) is 16.2. The Morgan fingerprint density at radius 2 is 1.32 bits per heavy atom. The van der Waals surface area contributed by atoms with Crippen LogP contribution in [0.2, 0.25) is 20.1 Å². The summed E-state index contributed by atoms with van der Waals surface area (Å²) in [5.41, 5.74) is 0.0328. The van der Waals surface area contributed by atoms with Crippen molar-refractivity contribution in [2.75, 3.05) is 0 Å². The van der Waals surface area contributed by atoms with Crippen LogP contribution in [-0.2, 0) is 20.2 Å². The second-order valence-electron chi connectivity index (χ2n) is 4.90. The van der Waals surface area contributed by atoms with E-state index in [4.69, 9.17) is 46.4 Å². The molecule has 0 saturated carbocycles. The SMILES string of the molecule is O=S(=O)(O)c1c(Cl)c(Cl)c2[nH]c3c(Cl)c(Cl)ccc3c2c1S(=O)(=O)O. The van der Waals surface area contributed by atoms with E-state index in [1.165, 1.54) is 12.1 Å². The zero-order valence-electron chi connectivity index (χ0n) is 11.5. The van der Waals surface area contributed by atoms with E-state index in [1.54, 1.807) is 0 Å². The molecule has 0 radical (unpaired) electrons.